The first-order valence-electron chi connectivity index (χ1n) is 7.12. The molecular weight excluding hydrogens is 317 g/mol. The topological polar surface area (TPSA) is 29.9 Å². The third-order valence-corrected chi connectivity index (χ3v) is 4.12. The first kappa shape index (κ1) is 16.8. The fourth-order valence-electron chi connectivity index (χ4n) is 3.18. The Hall–Kier alpha value is -1.55. The number of aromatic nitrogens is 2. The van der Waals surface area contributed by atoms with Gasteiger partial charge in [-0.15, -0.1) is 24.8 Å². The summed E-state index contributed by atoms with van der Waals surface area (Å²) in [5, 5.41) is 4.88. The molecule has 0 unspecified atom stereocenters. The normalized spacial score (nSPS) is 13.1. The molecule has 116 valence electrons. The molecule has 1 aliphatic heterocycles. The number of nitrogens with one attached hydrogen (secondary N) is 1. The van der Waals surface area contributed by atoms with Gasteiger partial charge in [-0.1, -0.05) is 18.2 Å². The number of rotatable bonds is 2. The molecule has 0 bridgehead atoms. The van der Waals surface area contributed by atoms with Crippen molar-refractivity contribution in [3.63, 3.8) is 0 Å². The van der Waals surface area contributed by atoms with Crippen LogP contribution in [0.3, 0.4) is 0 Å². The maximum Gasteiger partial charge on any atom is 0.0489 e. The molecule has 1 N–H and O–H groups in total. The van der Waals surface area contributed by atoms with Crippen LogP contribution in [0.4, 0.5) is 0 Å². The van der Waals surface area contributed by atoms with E-state index in [4.69, 9.17) is 0 Å². The molecule has 0 atom stereocenters. The van der Waals surface area contributed by atoms with E-state index in [0.717, 1.165) is 26.1 Å². The number of para-hydroxylation sites is 1. The molecule has 3 nitrogen and oxygen atoms in total. The van der Waals surface area contributed by atoms with Gasteiger partial charge in [-0.25, -0.2) is 0 Å². The molecule has 1 aliphatic rings. The number of nitrogens with zero attached hydrogens (tertiary/aromatic N) is 2. The molecule has 1 aromatic carbocycles. The molecule has 0 saturated carbocycles. The van der Waals surface area contributed by atoms with Crippen molar-refractivity contribution in [1.29, 1.82) is 0 Å². The van der Waals surface area contributed by atoms with Crippen LogP contribution >= 0.6 is 24.8 Å². The van der Waals surface area contributed by atoms with Gasteiger partial charge in [0.2, 0.25) is 0 Å². The minimum atomic E-state index is 0. The van der Waals surface area contributed by atoms with Crippen LogP contribution in [-0.4, -0.2) is 16.1 Å². The van der Waals surface area contributed by atoms with Crippen LogP contribution in [0, 0.1) is 0 Å². The van der Waals surface area contributed by atoms with E-state index in [1.165, 1.54) is 27.7 Å². The third kappa shape index (κ3) is 2.84. The van der Waals surface area contributed by atoms with Crippen LogP contribution in [0.15, 0.2) is 48.8 Å². The summed E-state index contributed by atoms with van der Waals surface area (Å²) in [6, 6.07) is 12.9. The van der Waals surface area contributed by atoms with Crippen LogP contribution in [-0.2, 0) is 19.5 Å². The molecule has 2 aromatic heterocycles. The van der Waals surface area contributed by atoms with Crippen LogP contribution in [0.1, 0.15) is 16.8 Å². The van der Waals surface area contributed by atoms with Gasteiger partial charge < -0.3 is 9.88 Å². The van der Waals surface area contributed by atoms with Gasteiger partial charge in [0.1, 0.15) is 0 Å². The maximum absolute atomic E-state index is 4.11. The predicted molar refractivity (Wildman–Crippen MR) is 95.2 cm³/mol. The second-order valence-corrected chi connectivity index (χ2v) is 5.31. The lowest BCUT2D eigenvalue weighted by atomic mass is 10.1. The summed E-state index contributed by atoms with van der Waals surface area (Å²) < 4.78 is 2.47. The first-order valence-corrected chi connectivity index (χ1v) is 7.12. The quantitative estimate of drug-likeness (QED) is 0.775. The van der Waals surface area contributed by atoms with Gasteiger partial charge in [0.05, 0.1) is 0 Å². The van der Waals surface area contributed by atoms with Gasteiger partial charge in [0, 0.05) is 55.0 Å². The maximum atomic E-state index is 4.11. The number of pyridine rings is 1. The fraction of sp³-hybridized carbons (Fsp3) is 0.235. The smallest absolute Gasteiger partial charge is 0.0489 e. The second kappa shape index (κ2) is 7.14. The van der Waals surface area contributed by atoms with Crippen molar-refractivity contribution in [3.8, 4) is 0 Å². The Kier molecular flexibility index (Phi) is 5.46. The summed E-state index contributed by atoms with van der Waals surface area (Å²) in [7, 11) is 0. The lowest BCUT2D eigenvalue weighted by Gasteiger charge is -2.17. The highest BCUT2D eigenvalue weighted by molar-refractivity contribution is 5.86. The molecule has 0 radical (unpaired) electrons. The van der Waals surface area contributed by atoms with Crippen LogP contribution < -0.4 is 5.32 Å². The summed E-state index contributed by atoms with van der Waals surface area (Å²) in [5.41, 5.74) is 5.61. The molecule has 3 heterocycles. The van der Waals surface area contributed by atoms with Crippen molar-refractivity contribution >= 4 is 35.7 Å². The van der Waals surface area contributed by atoms with Crippen molar-refractivity contribution in [2.24, 2.45) is 0 Å². The summed E-state index contributed by atoms with van der Waals surface area (Å²) in [6.07, 6.45) is 4.85. The molecule has 3 aromatic rings. The monoisotopic (exact) mass is 335 g/mol. The molecule has 5 heteroatoms. The van der Waals surface area contributed by atoms with E-state index in [9.17, 15) is 0 Å². The highest BCUT2D eigenvalue weighted by Crippen LogP contribution is 2.29. The predicted octanol–water partition coefficient (Wildman–Crippen LogP) is 3.57. The van der Waals surface area contributed by atoms with Crippen molar-refractivity contribution in [1.82, 2.24) is 14.9 Å². The average Bonchev–Trinajstić information content (AvgIpc) is 2.84. The molecular formula is C17H19Cl2N3. The minimum absolute atomic E-state index is 0. The van der Waals surface area contributed by atoms with E-state index in [1.54, 1.807) is 0 Å². The summed E-state index contributed by atoms with van der Waals surface area (Å²) in [6.45, 7) is 2.98. The highest BCUT2D eigenvalue weighted by Gasteiger charge is 2.19. The Morgan fingerprint density at radius 2 is 1.82 bits per heavy atom. The van der Waals surface area contributed by atoms with Gasteiger partial charge in [-0.05, 0) is 29.3 Å². The molecule has 0 amide bonds. The summed E-state index contributed by atoms with van der Waals surface area (Å²) in [5.74, 6) is 0. The minimum Gasteiger partial charge on any atom is -0.340 e. The van der Waals surface area contributed by atoms with Crippen molar-refractivity contribution in [3.05, 3.63) is 65.6 Å². The zero-order valence-electron chi connectivity index (χ0n) is 12.2. The number of fused-ring (bicyclic) bond motifs is 3. The van der Waals surface area contributed by atoms with Gasteiger partial charge in [-0.3, -0.25) is 4.98 Å². The number of hydrogen-bond donors (Lipinski definition) is 1. The molecule has 0 spiro atoms. The van der Waals surface area contributed by atoms with Crippen LogP contribution in [0.5, 0.6) is 0 Å². The van der Waals surface area contributed by atoms with Gasteiger partial charge in [0.15, 0.2) is 0 Å². The number of hydrogen-bond acceptors (Lipinski definition) is 2. The molecule has 0 aliphatic carbocycles. The van der Waals surface area contributed by atoms with Gasteiger partial charge in [-0.2, -0.15) is 0 Å². The Morgan fingerprint density at radius 1 is 1.05 bits per heavy atom. The van der Waals surface area contributed by atoms with Crippen LogP contribution in [0.2, 0.25) is 0 Å². The van der Waals surface area contributed by atoms with Crippen molar-refractivity contribution < 1.29 is 0 Å². The summed E-state index contributed by atoms with van der Waals surface area (Å²) in [4.78, 5) is 4.11. The summed E-state index contributed by atoms with van der Waals surface area (Å²) >= 11 is 0. The lowest BCUT2D eigenvalue weighted by molar-refractivity contribution is 0.611. The average molecular weight is 336 g/mol. The van der Waals surface area contributed by atoms with Gasteiger partial charge in [0.25, 0.3) is 0 Å². The van der Waals surface area contributed by atoms with Crippen molar-refractivity contribution in [2.75, 3.05) is 6.54 Å². The molecule has 22 heavy (non-hydrogen) atoms. The second-order valence-electron chi connectivity index (χ2n) is 5.31. The van der Waals surface area contributed by atoms with Gasteiger partial charge >= 0.3 is 0 Å². The van der Waals surface area contributed by atoms with E-state index < -0.39 is 0 Å². The largest absolute Gasteiger partial charge is 0.340 e. The molecule has 4 rings (SSSR count). The standard InChI is InChI=1S/C17H17N3.2ClH/c1-2-4-16-14(3-1)15-11-19-10-7-17(15)20(16)12-13-5-8-18-9-6-13;;/h1-6,8-9,19H,7,10-12H2;2*1H. The number of benzene rings is 1. The Labute approximate surface area is 142 Å². The highest BCUT2D eigenvalue weighted by atomic mass is 35.5. The Bertz CT molecular complexity index is 753. The van der Waals surface area contributed by atoms with E-state index in [-0.39, 0.29) is 24.8 Å². The fourth-order valence-corrected chi connectivity index (χ4v) is 3.18. The van der Waals surface area contributed by atoms with Crippen molar-refractivity contribution in [2.45, 2.75) is 19.5 Å². The Morgan fingerprint density at radius 3 is 2.64 bits per heavy atom. The molecule has 0 fully saturated rings. The molecule has 0 saturated heterocycles. The zero-order valence-corrected chi connectivity index (χ0v) is 13.8. The first-order chi connectivity index (χ1) is 9.93. The Balaban J connectivity index is 0.000000882. The lowest BCUT2D eigenvalue weighted by Crippen LogP contribution is -2.24. The number of halogens is 2. The van der Waals surface area contributed by atoms with E-state index >= 15 is 0 Å². The zero-order chi connectivity index (χ0) is 13.4. The van der Waals surface area contributed by atoms with E-state index in [2.05, 4.69) is 51.3 Å². The van der Waals surface area contributed by atoms with E-state index in [0.29, 0.717) is 0 Å². The van der Waals surface area contributed by atoms with Crippen LogP contribution in [0.25, 0.3) is 10.9 Å². The van der Waals surface area contributed by atoms with E-state index in [1.807, 2.05) is 12.4 Å². The SMILES string of the molecule is Cl.Cl.c1ccc2c(c1)c1c(n2Cc2ccncc2)CCNC1. The third-order valence-electron chi connectivity index (χ3n) is 4.12.